The normalized spacial score (nSPS) is 0. The molecular formula is Ru6. The first kappa shape index (κ1) is 53.2. The Kier molecular flexibility index (Phi) is 332. The van der Waals surface area contributed by atoms with Crippen LogP contribution in [0.25, 0.3) is 0 Å². The van der Waals surface area contributed by atoms with E-state index >= 15 is 0 Å². The predicted molar refractivity (Wildman–Crippen MR) is 0 cm³/mol. The van der Waals surface area contributed by atoms with Crippen molar-refractivity contribution in [3.8, 4) is 0 Å². The van der Waals surface area contributed by atoms with Crippen molar-refractivity contribution in [3.05, 3.63) is 0 Å². The fourth-order valence-electron chi connectivity index (χ4n) is 0. The van der Waals surface area contributed by atoms with Gasteiger partial charge in [-0.05, 0) is 0 Å². The Morgan fingerprint density at radius 2 is 0.167 bits per heavy atom. The Balaban J connectivity index is 0. The summed E-state index contributed by atoms with van der Waals surface area (Å²) in [5.74, 6) is 0. The van der Waals surface area contributed by atoms with E-state index in [1.807, 2.05) is 0 Å². The Labute approximate surface area is 115 Å². The summed E-state index contributed by atoms with van der Waals surface area (Å²) in [6.45, 7) is 0. The van der Waals surface area contributed by atoms with Crippen LogP contribution in [-0.2, 0) is 117 Å². The molecule has 0 unspecified atom stereocenters. The van der Waals surface area contributed by atoms with Crippen molar-refractivity contribution in [1.82, 2.24) is 0 Å². The molecule has 0 radical (unpaired) electrons. The molecular weight excluding hydrogens is 606 g/mol. The van der Waals surface area contributed by atoms with Gasteiger partial charge in [0.2, 0.25) is 0 Å². The van der Waals surface area contributed by atoms with Crippen molar-refractivity contribution in [3.63, 3.8) is 0 Å². The molecule has 0 aromatic carbocycles. The van der Waals surface area contributed by atoms with E-state index in [1.54, 1.807) is 0 Å². The van der Waals surface area contributed by atoms with Gasteiger partial charge in [0.25, 0.3) is 0 Å². The van der Waals surface area contributed by atoms with Crippen molar-refractivity contribution in [1.29, 1.82) is 0 Å². The van der Waals surface area contributed by atoms with E-state index in [9.17, 15) is 0 Å². The molecule has 0 spiro atoms. The van der Waals surface area contributed by atoms with Gasteiger partial charge in [-0.25, -0.2) is 0 Å². The van der Waals surface area contributed by atoms with Gasteiger partial charge in [-0.2, -0.15) is 0 Å². The fourth-order valence-corrected chi connectivity index (χ4v) is 0. The molecule has 0 saturated carbocycles. The van der Waals surface area contributed by atoms with Crippen molar-refractivity contribution in [2.75, 3.05) is 0 Å². The van der Waals surface area contributed by atoms with Crippen LogP contribution in [-0.4, -0.2) is 0 Å². The second-order valence-corrected chi connectivity index (χ2v) is 0. The van der Waals surface area contributed by atoms with Crippen LogP contribution >= 0.6 is 0 Å². The quantitative estimate of drug-likeness (QED) is 0.341. The molecule has 0 aliphatic heterocycles. The molecule has 0 saturated heterocycles. The van der Waals surface area contributed by atoms with Gasteiger partial charge in [0.05, 0.1) is 0 Å². The van der Waals surface area contributed by atoms with Crippen LogP contribution in [0.3, 0.4) is 0 Å². The standard InChI is InChI=1S/6Ru. The first-order chi connectivity index (χ1) is 0. The summed E-state index contributed by atoms with van der Waals surface area (Å²) in [6.07, 6.45) is 0. The molecule has 0 rings (SSSR count). The zero-order chi connectivity index (χ0) is 0. The minimum Gasteiger partial charge on any atom is 0 e. The van der Waals surface area contributed by atoms with Crippen molar-refractivity contribution < 1.29 is 117 Å². The van der Waals surface area contributed by atoms with Gasteiger partial charge in [0.1, 0.15) is 0 Å². The third kappa shape index (κ3) is 25.1. The molecule has 0 N–H and O–H groups in total. The first-order valence-electron chi connectivity index (χ1n) is 0. The van der Waals surface area contributed by atoms with Crippen LogP contribution in [0.5, 0.6) is 0 Å². The maximum Gasteiger partial charge on any atom is 0 e. The summed E-state index contributed by atoms with van der Waals surface area (Å²) < 4.78 is 0. The maximum absolute atomic E-state index is 0. The Hall–Kier alpha value is 3.74. The molecule has 0 bridgehead atoms. The summed E-state index contributed by atoms with van der Waals surface area (Å²) in [5.41, 5.74) is 0. The van der Waals surface area contributed by atoms with Crippen LogP contribution in [0.4, 0.5) is 0 Å². The summed E-state index contributed by atoms with van der Waals surface area (Å²) in [5, 5.41) is 0. The van der Waals surface area contributed by atoms with Gasteiger partial charge < -0.3 is 0 Å². The average molecular weight is 606 g/mol. The Morgan fingerprint density at radius 3 is 0.167 bits per heavy atom. The molecule has 0 atom stereocenters. The van der Waals surface area contributed by atoms with Crippen molar-refractivity contribution in [2.45, 2.75) is 0 Å². The monoisotopic (exact) mass is 611 g/mol. The second kappa shape index (κ2) is 37.4. The third-order valence-electron chi connectivity index (χ3n) is 0. The molecule has 0 aliphatic rings. The first-order valence-corrected chi connectivity index (χ1v) is 0. The van der Waals surface area contributed by atoms with E-state index in [-0.39, 0.29) is 117 Å². The molecule has 0 aromatic rings. The van der Waals surface area contributed by atoms with Crippen LogP contribution in [0, 0.1) is 0 Å². The number of rotatable bonds is 0. The summed E-state index contributed by atoms with van der Waals surface area (Å²) in [4.78, 5) is 0. The topological polar surface area (TPSA) is 0 Å². The predicted octanol–water partition coefficient (Wildman–Crippen LogP) is -0.0150. The minimum atomic E-state index is 0. The second-order valence-electron chi connectivity index (χ2n) is 0. The molecule has 0 nitrogen and oxygen atoms in total. The van der Waals surface area contributed by atoms with Gasteiger partial charge in [0.15, 0.2) is 0 Å². The van der Waals surface area contributed by atoms with Crippen LogP contribution in [0.2, 0.25) is 0 Å². The van der Waals surface area contributed by atoms with E-state index in [2.05, 4.69) is 0 Å². The summed E-state index contributed by atoms with van der Waals surface area (Å²) in [7, 11) is 0. The molecule has 0 aromatic heterocycles. The van der Waals surface area contributed by atoms with E-state index in [0.717, 1.165) is 0 Å². The van der Waals surface area contributed by atoms with Crippen molar-refractivity contribution >= 4 is 0 Å². The zero-order valence-electron chi connectivity index (χ0n) is 2.12. The minimum absolute atomic E-state index is 0. The molecule has 0 aliphatic carbocycles. The van der Waals surface area contributed by atoms with Crippen molar-refractivity contribution in [2.24, 2.45) is 0 Å². The Morgan fingerprint density at radius 1 is 0.167 bits per heavy atom. The summed E-state index contributed by atoms with van der Waals surface area (Å²) >= 11 is 0. The maximum atomic E-state index is 0. The SMILES string of the molecule is [Ru].[Ru].[Ru].[Ru].[Ru].[Ru]. The van der Waals surface area contributed by atoms with E-state index in [4.69, 9.17) is 0 Å². The van der Waals surface area contributed by atoms with Gasteiger partial charge >= 0.3 is 0 Å². The van der Waals surface area contributed by atoms with Gasteiger partial charge in [-0.15, -0.1) is 0 Å². The molecule has 0 heterocycles. The number of hydrogen-bond donors (Lipinski definition) is 0. The molecule has 0 amide bonds. The van der Waals surface area contributed by atoms with Crippen LogP contribution in [0.15, 0.2) is 0 Å². The third-order valence-corrected chi connectivity index (χ3v) is 0. The molecule has 0 fully saturated rings. The largest absolute Gasteiger partial charge is 0 e. The van der Waals surface area contributed by atoms with E-state index in [1.165, 1.54) is 0 Å². The smallest absolute Gasteiger partial charge is 0 e. The van der Waals surface area contributed by atoms with Gasteiger partial charge in [0, 0.05) is 117 Å². The molecule has 6 heteroatoms. The van der Waals surface area contributed by atoms with Gasteiger partial charge in [-0.3, -0.25) is 0 Å². The average Bonchev–Trinajstić information content (AvgIpc) is 0. The molecule has 48 valence electrons. The Bertz CT molecular complexity index is 0. The van der Waals surface area contributed by atoms with E-state index in [0.29, 0.717) is 0 Å². The zero-order valence-corrected chi connectivity index (χ0v) is 12.5. The fraction of sp³-hybridized carbons (Fsp3) is 0. The molecule has 6 heavy (non-hydrogen) atoms. The summed E-state index contributed by atoms with van der Waals surface area (Å²) in [6, 6.07) is 0. The van der Waals surface area contributed by atoms with E-state index < -0.39 is 0 Å². The number of hydrogen-bond acceptors (Lipinski definition) is 0. The van der Waals surface area contributed by atoms with Gasteiger partial charge in [-0.1, -0.05) is 0 Å². The van der Waals surface area contributed by atoms with Crippen LogP contribution < -0.4 is 0 Å². The van der Waals surface area contributed by atoms with Crippen LogP contribution in [0.1, 0.15) is 0 Å².